The molecule has 3 rings (SSSR count). The van der Waals surface area contributed by atoms with Crippen LogP contribution in [0, 0.1) is 13.8 Å². The van der Waals surface area contributed by atoms with E-state index in [2.05, 4.69) is 16.1 Å². The molecule has 0 aliphatic heterocycles. The maximum Gasteiger partial charge on any atom is 0.224 e. The van der Waals surface area contributed by atoms with Gasteiger partial charge in [0.05, 0.1) is 6.10 Å². The predicted molar refractivity (Wildman–Crippen MR) is 101 cm³/mol. The zero-order chi connectivity index (χ0) is 17.8. The molecule has 1 aliphatic rings. The maximum absolute atomic E-state index is 12.3. The summed E-state index contributed by atoms with van der Waals surface area (Å²) in [5.74, 6) is -0.0459. The number of benzene rings is 1. The number of hydrogen-bond acceptors (Lipinski definition) is 2. The summed E-state index contributed by atoms with van der Waals surface area (Å²) in [5, 5.41) is 13.6. The quantitative estimate of drug-likeness (QED) is 0.803. The van der Waals surface area contributed by atoms with Gasteiger partial charge in [0.1, 0.15) is 0 Å². The summed E-state index contributed by atoms with van der Waals surface area (Å²) in [7, 11) is 0. The van der Waals surface area contributed by atoms with Crippen molar-refractivity contribution in [3.8, 4) is 0 Å². The highest BCUT2D eigenvalue weighted by Crippen LogP contribution is 2.33. The molecule has 1 amide bonds. The maximum atomic E-state index is 12.3. The Morgan fingerprint density at radius 1 is 1.20 bits per heavy atom. The van der Waals surface area contributed by atoms with Crippen molar-refractivity contribution in [2.45, 2.75) is 64.5 Å². The highest BCUT2D eigenvalue weighted by molar-refractivity contribution is 5.92. The van der Waals surface area contributed by atoms with E-state index >= 15 is 0 Å². The second kappa shape index (κ2) is 7.87. The number of amides is 1. The Hall–Kier alpha value is -2.07. The number of aliphatic hydroxyl groups excluding tert-OH is 1. The van der Waals surface area contributed by atoms with Crippen LogP contribution in [0.15, 0.2) is 36.5 Å². The average Bonchev–Trinajstić information content (AvgIpc) is 3.26. The fourth-order valence-corrected chi connectivity index (χ4v) is 3.83. The van der Waals surface area contributed by atoms with Gasteiger partial charge in [-0.3, -0.25) is 4.79 Å². The number of aromatic nitrogens is 1. The van der Waals surface area contributed by atoms with Gasteiger partial charge < -0.3 is 15.0 Å². The molecule has 0 radical (unpaired) electrons. The molecule has 4 nitrogen and oxygen atoms in total. The number of para-hydroxylation sites is 1. The minimum atomic E-state index is -0.598. The van der Waals surface area contributed by atoms with Gasteiger partial charge >= 0.3 is 0 Å². The Morgan fingerprint density at radius 2 is 1.88 bits per heavy atom. The van der Waals surface area contributed by atoms with Crippen LogP contribution in [-0.4, -0.2) is 15.6 Å². The van der Waals surface area contributed by atoms with Crippen LogP contribution >= 0.6 is 0 Å². The van der Waals surface area contributed by atoms with Gasteiger partial charge in [0.2, 0.25) is 5.91 Å². The SMILES string of the molecule is Cc1cccc(C)c1NC(=O)CCC(O)c1cccn1C1CCCC1. The number of anilines is 1. The first-order valence-electron chi connectivity index (χ1n) is 9.27. The van der Waals surface area contributed by atoms with Gasteiger partial charge in [-0.25, -0.2) is 0 Å². The van der Waals surface area contributed by atoms with Crippen molar-refractivity contribution in [3.05, 3.63) is 53.3 Å². The van der Waals surface area contributed by atoms with Gasteiger partial charge in [0, 0.05) is 30.0 Å². The highest BCUT2D eigenvalue weighted by Gasteiger charge is 2.22. The van der Waals surface area contributed by atoms with Crippen LogP contribution in [0.4, 0.5) is 5.69 Å². The molecule has 2 aromatic rings. The average molecular weight is 340 g/mol. The van der Waals surface area contributed by atoms with E-state index in [9.17, 15) is 9.90 Å². The fourth-order valence-electron chi connectivity index (χ4n) is 3.83. The molecule has 0 bridgehead atoms. The lowest BCUT2D eigenvalue weighted by molar-refractivity contribution is -0.116. The molecule has 4 heteroatoms. The number of nitrogens with one attached hydrogen (secondary N) is 1. The Labute approximate surface area is 149 Å². The van der Waals surface area contributed by atoms with Crippen molar-refractivity contribution in [1.29, 1.82) is 0 Å². The van der Waals surface area contributed by atoms with Crippen LogP contribution < -0.4 is 5.32 Å². The molecule has 1 unspecified atom stereocenters. The molecule has 1 aromatic heterocycles. The number of aliphatic hydroxyl groups is 1. The molecule has 0 spiro atoms. The van der Waals surface area contributed by atoms with E-state index in [-0.39, 0.29) is 5.91 Å². The van der Waals surface area contributed by atoms with Gasteiger partial charge in [0.25, 0.3) is 0 Å². The van der Waals surface area contributed by atoms with E-state index in [4.69, 9.17) is 0 Å². The third kappa shape index (κ3) is 4.13. The van der Waals surface area contributed by atoms with E-state index in [1.807, 2.05) is 44.2 Å². The van der Waals surface area contributed by atoms with Crippen LogP contribution in [0.5, 0.6) is 0 Å². The fraction of sp³-hybridized carbons (Fsp3) is 0.476. The molecule has 2 N–H and O–H groups in total. The van der Waals surface area contributed by atoms with Gasteiger partial charge in [0.15, 0.2) is 0 Å². The minimum absolute atomic E-state index is 0.0459. The molecule has 1 heterocycles. The van der Waals surface area contributed by atoms with Crippen molar-refractivity contribution < 1.29 is 9.90 Å². The molecule has 0 saturated heterocycles. The number of carbonyl (C=O) groups excluding carboxylic acids is 1. The summed E-state index contributed by atoms with van der Waals surface area (Å²) in [4.78, 5) is 12.3. The van der Waals surface area contributed by atoms with Crippen LogP contribution in [0.1, 0.15) is 67.5 Å². The van der Waals surface area contributed by atoms with Crippen molar-refractivity contribution in [2.24, 2.45) is 0 Å². The predicted octanol–water partition coefficient (Wildman–Crippen LogP) is 4.67. The van der Waals surface area contributed by atoms with Gasteiger partial charge in [-0.2, -0.15) is 0 Å². The Morgan fingerprint density at radius 3 is 2.56 bits per heavy atom. The summed E-state index contributed by atoms with van der Waals surface area (Å²) in [5.41, 5.74) is 3.94. The summed E-state index contributed by atoms with van der Waals surface area (Å²) < 4.78 is 2.21. The largest absolute Gasteiger partial charge is 0.387 e. The molecule has 1 fully saturated rings. The first kappa shape index (κ1) is 17.7. The van der Waals surface area contributed by atoms with E-state index in [1.54, 1.807) is 0 Å². The van der Waals surface area contributed by atoms with E-state index < -0.39 is 6.10 Å². The second-order valence-corrected chi connectivity index (χ2v) is 7.15. The first-order valence-corrected chi connectivity index (χ1v) is 9.27. The molecule has 1 saturated carbocycles. The lowest BCUT2D eigenvalue weighted by atomic mass is 10.1. The summed E-state index contributed by atoms with van der Waals surface area (Å²) >= 11 is 0. The molecular weight excluding hydrogens is 312 g/mol. The van der Waals surface area contributed by atoms with Crippen LogP contribution in [0.3, 0.4) is 0 Å². The molecule has 134 valence electrons. The van der Waals surface area contributed by atoms with Crippen LogP contribution in [-0.2, 0) is 4.79 Å². The van der Waals surface area contributed by atoms with Gasteiger partial charge in [-0.1, -0.05) is 31.0 Å². The molecular formula is C21H28N2O2. The van der Waals surface area contributed by atoms with Crippen LogP contribution in [0.25, 0.3) is 0 Å². The van der Waals surface area contributed by atoms with E-state index in [1.165, 1.54) is 25.7 Å². The summed E-state index contributed by atoms with van der Waals surface area (Å²) in [6.45, 7) is 3.98. The minimum Gasteiger partial charge on any atom is -0.387 e. The standard InChI is InChI=1S/C21H28N2O2/c1-15-7-5-8-16(2)21(15)22-20(25)13-12-19(24)18-11-6-14-23(18)17-9-3-4-10-17/h5-8,11,14,17,19,24H,3-4,9-10,12-13H2,1-2H3,(H,22,25). The Kier molecular flexibility index (Phi) is 5.59. The van der Waals surface area contributed by atoms with Crippen molar-refractivity contribution in [1.82, 2.24) is 4.57 Å². The number of carbonyl (C=O) groups is 1. The summed E-state index contributed by atoms with van der Waals surface area (Å²) in [6, 6.07) is 10.4. The number of rotatable bonds is 6. The van der Waals surface area contributed by atoms with Gasteiger partial charge in [-0.05, 0) is 56.4 Å². The number of aryl methyl sites for hydroxylation is 2. The number of hydrogen-bond donors (Lipinski definition) is 2. The number of nitrogens with zero attached hydrogens (tertiary/aromatic N) is 1. The zero-order valence-corrected chi connectivity index (χ0v) is 15.2. The Bertz CT molecular complexity index is 709. The Balaban J connectivity index is 1.58. The second-order valence-electron chi connectivity index (χ2n) is 7.15. The highest BCUT2D eigenvalue weighted by atomic mass is 16.3. The van der Waals surface area contributed by atoms with Crippen LogP contribution in [0.2, 0.25) is 0 Å². The van der Waals surface area contributed by atoms with E-state index in [0.717, 1.165) is 22.5 Å². The topological polar surface area (TPSA) is 54.3 Å². The molecule has 1 atom stereocenters. The molecule has 25 heavy (non-hydrogen) atoms. The third-order valence-corrected chi connectivity index (χ3v) is 5.26. The molecule has 1 aliphatic carbocycles. The van der Waals surface area contributed by atoms with Crippen molar-refractivity contribution in [3.63, 3.8) is 0 Å². The summed E-state index contributed by atoms with van der Waals surface area (Å²) in [6.07, 6.45) is 7.10. The van der Waals surface area contributed by atoms with Crippen molar-refractivity contribution in [2.75, 3.05) is 5.32 Å². The van der Waals surface area contributed by atoms with E-state index in [0.29, 0.717) is 18.9 Å². The zero-order valence-electron chi connectivity index (χ0n) is 15.2. The molecule has 1 aromatic carbocycles. The monoisotopic (exact) mass is 340 g/mol. The normalized spacial score (nSPS) is 16.1. The lowest BCUT2D eigenvalue weighted by Gasteiger charge is -2.20. The smallest absolute Gasteiger partial charge is 0.224 e. The van der Waals surface area contributed by atoms with Crippen molar-refractivity contribution >= 4 is 11.6 Å². The first-order chi connectivity index (χ1) is 12.1. The lowest BCUT2D eigenvalue weighted by Crippen LogP contribution is -2.16. The third-order valence-electron chi connectivity index (χ3n) is 5.26. The van der Waals surface area contributed by atoms with Gasteiger partial charge in [-0.15, -0.1) is 0 Å².